The van der Waals surface area contributed by atoms with E-state index in [0.29, 0.717) is 5.75 Å². The van der Waals surface area contributed by atoms with Crippen molar-refractivity contribution < 1.29 is 10.4 Å². The highest BCUT2D eigenvalue weighted by Gasteiger charge is 2.28. The zero-order valence-corrected chi connectivity index (χ0v) is 8.85. The fraction of sp³-hybridized carbons (Fsp3) is 0.250. The van der Waals surface area contributed by atoms with Gasteiger partial charge in [0, 0.05) is 12.1 Å². The Bertz CT molecular complexity index is 506. The van der Waals surface area contributed by atoms with Gasteiger partial charge in [0.25, 0.3) is 0 Å². The second-order valence-electron chi connectivity index (χ2n) is 4.08. The highest BCUT2D eigenvalue weighted by molar-refractivity contribution is 5.38. The van der Waals surface area contributed by atoms with E-state index in [0.717, 1.165) is 24.2 Å². The molecule has 1 atom stereocenters. The molecule has 4 nitrogen and oxygen atoms in total. The Balaban J connectivity index is 2.08. The first kappa shape index (κ1) is 9.42. The van der Waals surface area contributed by atoms with Crippen molar-refractivity contribution in [2.45, 2.75) is 12.5 Å². The van der Waals surface area contributed by atoms with Gasteiger partial charge in [0.2, 0.25) is 0 Å². The molecule has 2 aromatic rings. The second kappa shape index (κ2) is 3.64. The number of aromatic amines is 1. The first-order valence-electron chi connectivity index (χ1n) is 5.49. The molecule has 0 amide bonds. The van der Waals surface area contributed by atoms with Crippen LogP contribution >= 0.6 is 0 Å². The summed E-state index contributed by atoms with van der Waals surface area (Å²) in [5.41, 5.74) is 3.18. The third-order valence-corrected chi connectivity index (χ3v) is 3.11. The van der Waals surface area contributed by atoms with Gasteiger partial charge in [0.15, 0.2) is 6.04 Å². The molecule has 0 aliphatic carbocycles. The summed E-state index contributed by atoms with van der Waals surface area (Å²) in [6, 6.07) is 7.60. The van der Waals surface area contributed by atoms with E-state index in [4.69, 9.17) is 0 Å². The predicted octanol–water partition coefficient (Wildman–Crippen LogP) is 0.324. The molecule has 0 saturated carbocycles. The maximum Gasteiger partial charge on any atom is 0.160 e. The summed E-state index contributed by atoms with van der Waals surface area (Å²) in [4.78, 5) is 7.52. The molecule has 82 valence electrons. The van der Waals surface area contributed by atoms with Crippen molar-refractivity contribution in [1.82, 2.24) is 9.97 Å². The minimum absolute atomic E-state index is 0.121. The number of fused-ring (bicyclic) bond motifs is 1. The van der Waals surface area contributed by atoms with Crippen LogP contribution in [0.2, 0.25) is 0 Å². The Morgan fingerprint density at radius 2 is 2.25 bits per heavy atom. The third-order valence-electron chi connectivity index (χ3n) is 3.11. The smallest absolute Gasteiger partial charge is 0.160 e. The first-order valence-corrected chi connectivity index (χ1v) is 5.49. The van der Waals surface area contributed by atoms with Gasteiger partial charge in [0.1, 0.15) is 11.4 Å². The Morgan fingerprint density at radius 1 is 1.38 bits per heavy atom. The number of phenols is 1. The molecule has 3 rings (SSSR count). The molecule has 1 unspecified atom stereocenters. The lowest BCUT2D eigenvalue weighted by Crippen LogP contribution is -2.87. The monoisotopic (exact) mass is 216 g/mol. The number of nitrogens with two attached hydrogens (primary N) is 1. The van der Waals surface area contributed by atoms with Gasteiger partial charge in [-0.1, -0.05) is 12.1 Å². The third kappa shape index (κ3) is 1.39. The van der Waals surface area contributed by atoms with E-state index in [1.54, 1.807) is 12.4 Å². The van der Waals surface area contributed by atoms with Crippen LogP contribution in [0.4, 0.5) is 0 Å². The zero-order chi connectivity index (χ0) is 11.0. The number of phenolic OH excluding ortho intramolecular Hbond substituents is 1. The lowest BCUT2D eigenvalue weighted by molar-refractivity contribution is -0.690. The van der Waals surface area contributed by atoms with Crippen LogP contribution in [-0.2, 0) is 6.42 Å². The summed E-state index contributed by atoms with van der Waals surface area (Å²) in [6.45, 7) is 1.02. The van der Waals surface area contributed by atoms with Gasteiger partial charge < -0.3 is 15.4 Å². The van der Waals surface area contributed by atoms with E-state index in [1.165, 1.54) is 5.69 Å². The minimum Gasteiger partial charge on any atom is -0.507 e. The van der Waals surface area contributed by atoms with Crippen LogP contribution in [0.15, 0.2) is 30.6 Å². The van der Waals surface area contributed by atoms with Crippen LogP contribution in [-0.4, -0.2) is 21.6 Å². The van der Waals surface area contributed by atoms with E-state index >= 15 is 0 Å². The number of hydrogen-bond donors (Lipinski definition) is 3. The number of hydrogen-bond acceptors (Lipinski definition) is 2. The van der Waals surface area contributed by atoms with Gasteiger partial charge >= 0.3 is 0 Å². The molecule has 0 saturated heterocycles. The lowest BCUT2D eigenvalue weighted by atomic mass is 9.97. The van der Waals surface area contributed by atoms with Gasteiger partial charge in [-0.2, -0.15) is 0 Å². The Morgan fingerprint density at radius 3 is 3.12 bits per heavy atom. The van der Waals surface area contributed by atoms with Crippen molar-refractivity contribution in [3.8, 4) is 5.75 Å². The van der Waals surface area contributed by atoms with Crippen LogP contribution in [0.5, 0.6) is 5.75 Å². The number of imidazole rings is 1. The summed E-state index contributed by atoms with van der Waals surface area (Å²) in [6.07, 6.45) is 2.75. The molecule has 1 aromatic carbocycles. The summed E-state index contributed by atoms with van der Waals surface area (Å²) < 4.78 is 0. The molecular weight excluding hydrogens is 202 g/mol. The van der Waals surface area contributed by atoms with Crippen LogP contribution < -0.4 is 5.32 Å². The number of rotatable bonds is 1. The number of aromatic hydroxyl groups is 1. The number of H-pyrrole nitrogens is 1. The quantitative estimate of drug-likeness (QED) is 0.643. The molecule has 4 N–H and O–H groups in total. The number of nitrogens with one attached hydrogen (secondary N) is 1. The Hall–Kier alpha value is -1.81. The van der Waals surface area contributed by atoms with Crippen molar-refractivity contribution in [3.05, 3.63) is 47.5 Å². The molecule has 0 bridgehead atoms. The van der Waals surface area contributed by atoms with Crippen LogP contribution in [0, 0.1) is 0 Å². The van der Waals surface area contributed by atoms with E-state index in [1.807, 2.05) is 18.2 Å². The summed E-state index contributed by atoms with van der Waals surface area (Å²) in [7, 11) is 0. The van der Waals surface area contributed by atoms with Crippen LogP contribution in [0.3, 0.4) is 0 Å². The number of aromatic nitrogens is 2. The van der Waals surface area contributed by atoms with Crippen molar-refractivity contribution in [2.75, 3.05) is 6.54 Å². The number of benzene rings is 1. The maximum atomic E-state index is 9.87. The summed E-state index contributed by atoms with van der Waals surface area (Å²) in [5, 5.41) is 12.1. The highest BCUT2D eigenvalue weighted by Crippen LogP contribution is 2.27. The minimum atomic E-state index is 0.121. The molecule has 0 radical (unpaired) electrons. The standard InChI is InChI=1S/C12H13N3O/c16-10-4-2-1-3-8(10)11-12-9(5-6-13-11)14-7-15-12/h1-4,7,11,13,16H,5-6H2,(H,14,15)/p+1. The molecule has 1 aliphatic heterocycles. The van der Waals surface area contributed by atoms with Crippen molar-refractivity contribution in [1.29, 1.82) is 0 Å². The Kier molecular flexibility index (Phi) is 2.15. The van der Waals surface area contributed by atoms with E-state index in [-0.39, 0.29) is 6.04 Å². The SMILES string of the molecule is Oc1ccccc1C1[NH2+]CCc2[nH]cnc21. The lowest BCUT2D eigenvalue weighted by Gasteiger charge is -2.20. The topological polar surface area (TPSA) is 65.5 Å². The molecule has 0 fully saturated rings. The van der Waals surface area contributed by atoms with E-state index in [2.05, 4.69) is 15.3 Å². The molecule has 4 heteroatoms. The van der Waals surface area contributed by atoms with Crippen LogP contribution in [0.1, 0.15) is 23.0 Å². The van der Waals surface area contributed by atoms with Gasteiger partial charge in [0.05, 0.1) is 18.4 Å². The number of nitrogens with zero attached hydrogens (tertiary/aromatic N) is 1. The van der Waals surface area contributed by atoms with Gasteiger partial charge in [-0.15, -0.1) is 0 Å². The van der Waals surface area contributed by atoms with Crippen LogP contribution in [0.25, 0.3) is 0 Å². The first-order chi connectivity index (χ1) is 7.86. The summed E-state index contributed by atoms with van der Waals surface area (Å²) in [5.74, 6) is 0.347. The number of quaternary nitrogens is 1. The van der Waals surface area contributed by atoms with Crippen molar-refractivity contribution in [3.63, 3.8) is 0 Å². The predicted molar refractivity (Wildman–Crippen MR) is 59.0 cm³/mol. The van der Waals surface area contributed by atoms with E-state index < -0.39 is 0 Å². The summed E-state index contributed by atoms with van der Waals surface area (Å²) >= 11 is 0. The fourth-order valence-corrected chi connectivity index (χ4v) is 2.33. The average molecular weight is 216 g/mol. The zero-order valence-electron chi connectivity index (χ0n) is 8.85. The normalized spacial score (nSPS) is 19.4. The second-order valence-corrected chi connectivity index (χ2v) is 4.08. The molecule has 16 heavy (non-hydrogen) atoms. The van der Waals surface area contributed by atoms with Gasteiger partial charge in [-0.3, -0.25) is 0 Å². The Labute approximate surface area is 93.4 Å². The number of para-hydroxylation sites is 1. The highest BCUT2D eigenvalue weighted by atomic mass is 16.3. The van der Waals surface area contributed by atoms with Crippen molar-refractivity contribution in [2.24, 2.45) is 0 Å². The molecular formula is C12H14N3O+. The largest absolute Gasteiger partial charge is 0.507 e. The van der Waals surface area contributed by atoms with Gasteiger partial charge in [-0.25, -0.2) is 4.98 Å². The molecule has 0 spiro atoms. The average Bonchev–Trinajstić information content (AvgIpc) is 2.77. The molecule has 1 aliphatic rings. The molecule has 2 heterocycles. The van der Waals surface area contributed by atoms with Crippen molar-refractivity contribution >= 4 is 0 Å². The van der Waals surface area contributed by atoms with E-state index in [9.17, 15) is 5.11 Å². The maximum absolute atomic E-state index is 9.87. The fourth-order valence-electron chi connectivity index (χ4n) is 2.33. The van der Waals surface area contributed by atoms with Gasteiger partial charge in [-0.05, 0) is 12.1 Å². The molecule has 1 aromatic heterocycles.